The van der Waals surface area contributed by atoms with Crippen LogP contribution < -0.4 is 5.32 Å². The van der Waals surface area contributed by atoms with Crippen molar-refractivity contribution < 1.29 is 4.79 Å². The summed E-state index contributed by atoms with van der Waals surface area (Å²) in [6.45, 7) is 1.98. The summed E-state index contributed by atoms with van der Waals surface area (Å²) in [6, 6.07) is 6.08. The van der Waals surface area contributed by atoms with Gasteiger partial charge in [-0.1, -0.05) is 15.9 Å². The molecule has 0 aliphatic heterocycles. The van der Waals surface area contributed by atoms with Crippen molar-refractivity contribution in [2.75, 3.05) is 0 Å². The van der Waals surface area contributed by atoms with Crippen LogP contribution in [-0.4, -0.2) is 11.9 Å². The molecule has 0 saturated heterocycles. The molecule has 0 unspecified atom stereocenters. The van der Waals surface area contributed by atoms with Gasteiger partial charge in [0.2, 0.25) is 0 Å². The highest BCUT2D eigenvalue weighted by molar-refractivity contribution is 9.10. The van der Waals surface area contributed by atoms with Crippen LogP contribution in [0.15, 0.2) is 22.7 Å². The predicted molar refractivity (Wildman–Crippen MR) is 59.4 cm³/mol. The Bertz CT molecular complexity index is 372. The first-order valence-electron chi connectivity index (χ1n) is 4.74. The van der Waals surface area contributed by atoms with Crippen LogP contribution in [0.2, 0.25) is 0 Å². The summed E-state index contributed by atoms with van der Waals surface area (Å²) < 4.78 is 1.04. The first-order valence-corrected chi connectivity index (χ1v) is 5.53. The van der Waals surface area contributed by atoms with E-state index in [0.717, 1.165) is 28.4 Å². The Morgan fingerprint density at radius 3 is 2.79 bits per heavy atom. The maximum atomic E-state index is 11.6. The molecule has 0 heterocycles. The molecule has 1 fully saturated rings. The Balaban J connectivity index is 2.14. The second-order valence-electron chi connectivity index (χ2n) is 3.71. The molecule has 0 radical (unpaired) electrons. The predicted octanol–water partition coefficient (Wildman–Crippen LogP) is 2.65. The monoisotopic (exact) mass is 253 g/mol. The van der Waals surface area contributed by atoms with Crippen LogP contribution in [0.25, 0.3) is 0 Å². The molecule has 14 heavy (non-hydrogen) atoms. The van der Waals surface area contributed by atoms with Crippen LogP contribution >= 0.6 is 15.9 Å². The molecule has 74 valence electrons. The Hall–Kier alpha value is -0.830. The van der Waals surface area contributed by atoms with Crippen LogP contribution in [0.5, 0.6) is 0 Å². The summed E-state index contributed by atoms with van der Waals surface area (Å²) in [4.78, 5) is 11.6. The van der Waals surface area contributed by atoms with Crippen molar-refractivity contribution >= 4 is 21.8 Å². The van der Waals surface area contributed by atoms with Gasteiger partial charge in [0.05, 0.1) is 0 Å². The highest BCUT2D eigenvalue weighted by atomic mass is 79.9. The minimum Gasteiger partial charge on any atom is -0.349 e. The third-order valence-corrected chi connectivity index (χ3v) is 3.22. The number of aryl methyl sites for hydroxylation is 1. The fraction of sp³-hybridized carbons (Fsp3) is 0.364. The number of amides is 1. The molecule has 2 rings (SSSR count). The second kappa shape index (κ2) is 3.73. The maximum absolute atomic E-state index is 11.6. The summed E-state index contributed by atoms with van der Waals surface area (Å²) in [6.07, 6.45) is 2.25. The Kier molecular flexibility index (Phi) is 2.59. The molecule has 1 N–H and O–H groups in total. The van der Waals surface area contributed by atoms with Crippen molar-refractivity contribution in [2.24, 2.45) is 0 Å². The zero-order chi connectivity index (χ0) is 10.1. The maximum Gasteiger partial charge on any atom is 0.251 e. The van der Waals surface area contributed by atoms with Crippen LogP contribution in [0.3, 0.4) is 0 Å². The van der Waals surface area contributed by atoms with Gasteiger partial charge in [0.15, 0.2) is 0 Å². The number of benzene rings is 1. The van der Waals surface area contributed by atoms with E-state index >= 15 is 0 Å². The molecule has 1 aliphatic carbocycles. The largest absolute Gasteiger partial charge is 0.349 e. The first-order chi connectivity index (χ1) is 6.66. The lowest BCUT2D eigenvalue weighted by atomic mass is 10.1. The van der Waals surface area contributed by atoms with Gasteiger partial charge in [-0.3, -0.25) is 4.79 Å². The standard InChI is InChI=1S/C11H12BrNO/c1-7-6-8(2-5-10(7)12)11(14)13-9-3-4-9/h2,5-6,9H,3-4H2,1H3,(H,13,14). The van der Waals surface area contributed by atoms with Gasteiger partial charge in [0, 0.05) is 16.1 Å². The highest BCUT2D eigenvalue weighted by Gasteiger charge is 2.23. The number of hydrogen-bond acceptors (Lipinski definition) is 1. The van der Waals surface area contributed by atoms with E-state index in [2.05, 4.69) is 21.2 Å². The molecule has 0 spiro atoms. The van der Waals surface area contributed by atoms with Gasteiger partial charge < -0.3 is 5.32 Å². The van der Waals surface area contributed by atoms with Gasteiger partial charge in [-0.05, 0) is 43.5 Å². The van der Waals surface area contributed by atoms with Crippen molar-refractivity contribution in [1.82, 2.24) is 5.32 Å². The number of halogens is 1. The van der Waals surface area contributed by atoms with Crippen molar-refractivity contribution in [3.05, 3.63) is 33.8 Å². The molecule has 0 bridgehead atoms. The Morgan fingerprint density at radius 2 is 2.21 bits per heavy atom. The molecule has 3 heteroatoms. The van der Waals surface area contributed by atoms with Crippen molar-refractivity contribution in [3.63, 3.8) is 0 Å². The van der Waals surface area contributed by atoms with Crippen LogP contribution in [0.1, 0.15) is 28.8 Å². The van der Waals surface area contributed by atoms with E-state index in [-0.39, 0.29) is 5.91 Å². The van der Waals surface area contributed by atoms with E-state index in [1.54, 1.807) is 0 Å². The second-order valence-corrected chi connectivity index (χ2v) is 4.57. The number of rotatable bonds is 2. The minimum atomic E-state index is 0.0445. The van der Waals surface area contributed by atoms with Gasteiger partial charge in [-0.2, -0.15) is 0 Å². The normalized spacial score (nSPS) is 15.3. The Morgan fingerprint density at radius 1 is 1.50 bits per heavy atom. The van der Waals surface area contributed by atoms with Gasteiger partial charge in [0.1, 0.15) is 0 Å². The summed E-state index contributed by atoms with van der Waals surface area (Å²) in [7, 11) is 0. The summed E-state index contributed by atoms with van der Waals surface area (Å²) >= 11 is 3.41. The highest BCUT2D eigenvalue weighted by Crippen LogP contribution is 2.21. The van der Waals surface area contributed by atoms with Crippen LogP contribution in [0, 0.1) is 6.92 Å². The van der Waals surface area contributed by atoms with Gasteiger partial charge in [-0.25, -0.2) is 0 Å². The van der Waals surface area contributed by atoms with E-state index in [1.165, 1.54) is 0 Å². The average molecular weight is 254 g/mol. The lowest BCUT2D eigenvalue weighted by Gasteiger charge is -2.04. The average Bonchev–Trinajstić information content (AvgIpc) is 2.93. The third kappa shape index (κ3) is 2.15. The molecular formula is C11H12BrNO. The first kappa shape index (κ1) is 9.71. The van der Waals surface area contributed by atoms with Crippen LogP contribution in [-0.2, 0) is 0 Å². The van der Waals surface area contributed by atoms with E-state index in [9.17, 15) is 4.79 Å². The van der Waals surface area contributed by atoms with E-state index in [0.29, 0.717) is 6.04 Å². The Labute approximate surface area is 91.8 Å². The molecule has 0 atom stereocenters. The molecule has 1 aromatic carbocycles. The third-order valence-electron chi connectivity index (χ3n) is 2.33. The molecular weight excluding hydrogens is 242 g/mol. The van der Waals surface area contributed by atoms with E-state index in [4.69, 9.17) is 0 Å². The van der Waals surface area contributed by atoms with Gasteiger partial charge in [-0.15, -0.1) is 0 Å². The van der Waals surface area contributed by atoms with E-state index in [1.807, 2.05) is 25.1 Å². The van der Waals surface area contributed by atoms with Gasteiger partial charge >= 0.3 is 0 Å². The molecule has 1 saturated carbocycles. The van der Waals surface area contributed by atoms with Crippen molar-refractivity contribution in [3.8, 4) is 0 Å². The van der Waals surface area contributed by atoms with E-state index < -0.39 is 0 Å². The summed E-state index contributed by atoms with van der Waals surface area (Å²) in [5, 5.41) is 2.96. The smallest absolute Gasteiger partial charge is 0.251 e. The topological polar surface area (TPSA) is 29.1 Å². The van der Waals surface area contributed by atoms with Crippen molar-refractivity contribution in [2.45, 2.75) is 25.8 Å². The quantitative estimate of drug-likeness (QED) is 0.863. The van der Waals surface area contributed by atoms with Crippen LogP contribution in [0.4, 0.5) is 0 Å². The molecule has 1 aromatic rings. The fourth-order valence-corrected chi connectivity index (χ4v) is 1.53. The number of hydrogen-bond donors (Lipinski definition) is 1. The molecule has 1 amide bonds. The number of carbonyl (C=O) groups is 1. The van der Waals surface area contributed by atoms with Gasteiger partial charge in [0.25, 0.3) is 5.91 Å². The fourth-order valence-electron chi connectivity index (χ4n) is 1.28. The number of carbonyl (C=O) groups excluding carboxylic acids is 1. The zero-order valence-electron chi connectivity index (χ0n) is 8.01. The summed E-state index contributed by atoms with van der Waals surface area (Å²) in [5.74, 6) is 0.0445. The molecule has 0 aromatic heterocycles. The zero-order valence-corrected chi connectivity index (χ0v) is 9.60. The summed E-state index contributed by atoms with van der Waals surface area (Å²) in [5.41, 5.74) is 1.84. The van der Waals surface area contributed by atoms with Crippen molar-refractivity contribution in [1.29, 1.82) is 0 Å². The molecule has 1 aliphatic rings. The SMILES string of the molecule is Cc1cc(C(=O)NC2CC2)ccc1Br. The minimum absolute atomic E-state index is 0.0445. The number of nitrogens with one attached hydrogen (secondary N) is 1. The lowest BCUT2D eigenvalue weighted by molar-refractivity contribution is 0.0951. The lowest BCUT2D eigenvalue weighted by Crippen LogP contribution is -2.25. The molecule has 2 nitrogen and oxygen atoms in total.